The molecule has 29 heavy (non-hydrogen) atoms. The number of carbonyl (C=O) groups is 2. The highest BCUT2D eigenvalue weighted by Gasteiger charge is 2.32. The number of amides is 2. The van der Waals surface area contributed by atoms with Crippen LogP contribution >= 0.6 is 0 Å². The lowest BCUT2D eigenvalue weighted by atomic mass is 10.3. The van der Waals surface area contributed by atoms with Gasteiger partial charge in [0.25, 0.3) is 0 Å². The molecule has 0 saturated carbocycles. The molecule has 1 aromatic carbocycles. The molecular formula is C20H19N3O5S. The molecule has 1 atom stereocenters. The van der Waals surface area contributed by atoms with Gasteiger partial charge in [-0.05, 0) is 36.4 Å². The van der Waals surface area contributed by atoms with Gasteiger partial charge in [0.05, 0.1) is 23.4 Å². The van der Waals surface area contributed by atoms with Crippen LogP contribution in [0.15, 0.2) is 82.4 Å². The first kappa shape index (κ1) is 20.3. The molecule has 9 heteroatoms. The minimum absolute atomic E-state index is 0.0804. The Morgan fingerprint density at radius 2 is 1.66 bits per heavy atom. The summed E-state index contributed by atoms with van der Waals surface area (Å²) in [6.45, 7) is -0.238. The van der Waals surface area contributed by atoms with Crippen LogP contribution in [0.2, 0.25) is 0 Å². The Labute approximate surface area is 167 Å². The molecule has 0 spiro atoms. The number of rotatable bonds is 7. The quantitative estimate of drug-likeness (QED) is 0.568. The Balaban J connectivity index is 1.67. The molecule has 150 valence electrons. The van der Waals surface area contributed by atoms with Gasteiger partial charge in [-0.25, -0.2) is 8.42 Å². The van der Waals surface area contributed by atoms with Gasteiger partial charge < -0.3 is 15.1 Å². The molecule has 8 nitrogen and oxygen atoms in total. The third-order valence-electron chi connectivity index (χ3n) is 4.12. The molecule has 3 rings (SSSR count). The number of nitrogens with zero attached hydrogens (tertiary/aromatic N) is 1. The molecule has 0 unspecified atom stereocenters. The predicted molar refractivity (Wildman–Crippen MR) is 104 cm³/mol. The van der Waals surface area contributed by atoms with E-state index in [1.165, 1.54) is 24.5 Å². The molecular weight excluding hydrogens is 394 g/mol. The van der Waals surface area contributed by atoms with Crippen molar-refractivity contribution in [2.45, 2.75) is 16.7 Å². The topological polar surface area (TPSA) is 118 Å². The minimum atomic E-state index is -3.85. The van der Waals surface area contributed by atoms with Crippen LogP contribution in [0, 0.1) is 0 Å². The molecule has 0 aliphatic carbocycles. The van der Waals surface area contributed by atoms with Gasteiger partial charge in [-0.1, -0.05) is 24.3 Å². The molecule has 0 aliphatic heterocycles. The highest BCUT2D eigenvalue weighted by Crippen LogP contribution is 2.28. The van der Waals surface area contributed by atoms with Crippen LogP contribution in [0.4, 0.5) is 0 Å². The van der Waals surface area contributed by atoms with Gasteiger partial charge >= 0.3 is 11.8 Å². The maximum atomic E-state index is 13.0. The summed E-state index contributed by atoms with van der Waals surface area (Å²) in [5, 5.41) is 3.64. The van der Waals surface area contributed by atoms with Crippen LogP contribution in [0.1, 0.15) is 16.7 Å². The second-order valence-corrected chi connectivity index (χ2v) is 8.21. The van der Waals surface area contributed by atoms with E-state index in [0.717, 1.165) is 0 Å². The fraction of sp³-hybridized carbons (Fsp3) is 0.150. The first-order valence-corrected chi connectivity index (χ1v) is 10.3. The van der Waals surface area contributed by atoms with Crippen molar-refractivity contribution in [1.29, 1.82) is 0 Å². The van der Waals surface area contributed by atoms with Gasteiger partial charge in [0, 0.05) is 12.7 Å². The molecule has 2 aromatic heterocycles. The lowest BCUT2D eigenvalue weighted by Crippen LogP contribution is -2.42. The van der Waals surface area contributed by atoms with Crippen LogP contribution in [-0.2, 0) is 26.0 Å². The fourth-order valence-corrected chi connectivity index (χ4v) is 4.24. The standard InChI is InChI=1S/C20H19N3O5S/c24-19(22-13-15-7-4-5-11-21-15)20(25)23-14-18(17-10-6-12-28-17)29(26,27)16-8-2-1-3-9-16/h1-12,18H,13-14H2,(H,22,24)(H,23,25)/t18-/m1/s1. The number of benzene rings is 1. The van der Waals surface area contributed by atoms with E-state index in [2.05, 4.69) is 15.6 Å². The van der Waals surface area contributed by atoms with Crippen molar-refractivity contribution < 1.29 is 22.4 Å². The second kappa shape index (κ2) is 9.16. The average molecular weight is 413 g/mol. The summed E-state index contributed by atoms with van der Waals surface area (Å²) < 4.78 is 31.3. The Kier molecular flexibility index (Phi) is 6.40. The largest absolute Gasteiger partial charge is 0.468 e. The Hall–Kier alpha value is -3.46. The first-order chi connectivity index (χ1) is 14.0. The monoisotopic (exact) mass is 413 g/mol. The first-order valence-electron chi connectivity index (χ1n) is 8.77. The molecule has 0 aliphatic rings. The van der Waals surface area contributed by atoms with Crippen molar-refractivity contribution in [1.82, 2.24) is 15.6 Å². The van der Waals surface area contributed by atoms with E-state index in [4.69, 9.17) is 4.42 Å². The summed E-state index contributed by atoms with van der Waals surface area (Å²) >= 11 is 0. The maximum Gasteiger partial charge on any atom is 0.309 e. The molecule has 3 aromatic rings. The molecule has 0 fully saturated rings. The molecule has 0 radical (unpaired) electrons. The van der Waals surface area contributed by atoms with Crippen LogP contribution in [0.3, 0.4) is 0 Å². The normalized spacial score (nSPS) is 12.1. The van der Waals surface area contributed by atoms with E-state index in [1.54, 1.807) is 48.7 Å². The SMILES string of the molecule is O=C(NCc1ccccn1)C(=O)NC[C@H](c1ccco1)S(=O)(=O)c1ccccc1. The third-order valence-corrected chi connectivity index (χ3v) is 6.19. The summed E-state index contributed by atoms with van der Waals surface area (Å²) in [5.41, 5.74) is 0.591. The number of hydrogen-bond donors (Lipinski definition) is 2. The minimum Gasteiger partial charge on any atom is -0.468 e. The van der Waals surface area contributed by atoms with Crippen molar-refractivity contribution in [3.63, 3.8) is 0 Å². The zero-order valence-corrected chi connectivity index (χ0v) is 16.1. The van der Waals surface area contributed by atoms with Crippen LogP contribution in [-0.4, -0.2) is 31.8 Å². The van der Waals surface area contributed by atoms with Gasteiger partial charge in [-0.15, -0.1) is 0 Å². The second-order valence-electron chi connectivity index (χ2n) is 6.08. The van der Waals surface area contributed by atoms with Crippen LogP contribution in [0.5, 0.6) is 0 Å². The molecule has 2 N–H and O–H groups in total. The van der Waals surface area contributed by atoms with Crippen molar-refractivity contribution in [3.05, 3.63) is 84.6 Å². The lowest BCUT2D eigenvalue weighted by molar-refractivity contribution is -0.139. The van der Waals surface area contributed by atoms with Crippen molar-refractivity contribution in [3.8, 4) is 0 Å². The highest BCUT2D eigenvalue weighted by molar-refractivity contribution is 7.91. The van der Waals surface area contributed by atoms with E-state index in [0.29, 0.717) is 5.69 Å². The number of sulfone groups is 1. The zero-order chi connectivity index (χ0) is 20.7. The van der Waals surface area contributed by atoms with Crippen molar-refractivity contribution in [2.24, 2.45) is 0 Å². The van der Waals surface area contributed by atoms with Gasteiger partial charge in [0.15, 0.2) is 9.84 Å². The Bertz CT molecular complexity index is 1050. The van der Waals surface area contributed by atoms with Crippen molar-refractivity contribution in [2.75, 3.05) is 6.54 Å². The number of nitrogens with one attached hydrogen (secondary N) is 2. The van der Waals surface area contributed by atoms with Crippen LogP contribution < -0.4 is 10.6 Å². The maximum absolute atomic E-state index is 13.0. The van der Waals surface area contributed by atoms with Gasteiger partial charge in [-0.3, -0.25) is 14.6 Å². The number of aromatic nitrogens is 1. The van der Waals surface area contributed by atoms with E-state index in [9.17, 15) is 18.0 Å². The molecule has 2 amide bonds. The summed E-state index contributed by atoms with van der Waals surface area (Å²) in [5.74, 6) is -1.66. The van der Waals surface area contributed by atoms with Gasteiger partial charge in [0.1, 0.15) is 11.0 Å². The number of carbonyl (C=O) groups excluding carboxylic acids is 2. The number of furan rings is 1. The van der Waals surface area contributed by atoms with E-state index < -0.39 is 26.9 Å². The Morgan fingerprint density at radius 1 is 0.931 bits per heavy atom. The molecule has 2 heterocycles. The third kappa shape index (κ3) is 5.08. The van der Waals surface area contributed by atoms with Gasteiger partial charge in [-0.2, -0.15) is 0 Å². The lowest BCUT2D eigenvalue weighted by Gasteiger charge is -2.16. The fourth-order valence-electron chi connectivity index (χ4n) is 2.63. The van der Waals surface area contributed by atoms with E-state index in [1.807, 2.05) is 0 Å². The summed E-state index contributed by atoms with van der Waals surface area (Å²) in [6.07, 6.45) is 2.92. The number of pyridine rings is 1. The van der Waals surface area contributed by atoms with E-state index in [-0.39, 0.29) is 23.7 Å². The molecule has 0 saturated heterocycles. The zero-order valence-electron chi connectivity index (χ0n) is 15.3. The number of hydrogen-bond acceptors (Lipinski definition) is 6. The van der Waals surface area contributed by atoms with Crippen molar-refractivity contribution >= 4 is 21.7 Å². The summed E-state index contributed by atoms with van der Waals surface area (Å²) in [4.78, 5) is 28.3. The van der Waals surface area contributed by atoms with Crippen LogP contribution in [0.25, 0.3) is 0 Å². The highest BCUT2D eigenvalue weighted by atomic mass is 32.2. The van der Waals surface area contributed by atoms with E-state index >= 15 is 0 Å². The summed E-state index contributed by atoms with van der Waals surface area (Å²) in [6, 6.07) is 16.1. The summed E-state index contributed by atoms with van der Waals surface area (Å²) in [7, 11) is -3.85. The predicted octanol–water partition coefficient (Wildman–Crippen LogP) is 1.62. The van der Waals surface area contributed by atoms with Gasteiger partial charge in [0.2, 0.25) is 0 Å². The smallest absolute Gasteiger partial charge is 0.309 e. The average Bonchev–Trinajstić information content (AvgIpc) is 3.27. The molecule has 0 bridgehead atoms. The Morgan fingerprint density at radius 3 is 2.31 bits per heavy atom.